The highest BCUT2D eigenvalue weighted by Crippen LogP contribution is 2.27. The molecular weight excluding hydrogens is 426 g/mol. The Labute approximate surface area is 179 Å². The number of rotatable bonds is 10. The van der Waals surface area contributed by atoms with Crippen LogP contribution in [0.4, 0.5) is 11.4 Å². The van der Waals surface area contributed by atoms with Crippen molar-refractivity contribution in [1.29, 1.82) is 0 Å². The number of benzene rings is 2. The summed E-state index contributed by atoms with van der Waals surface area (Å²) in [4.78, 5) is 34.0. The molecule has 166 valence electrons. The van der Waals surface area contributed by atoms with E-state index in [0.29, 0.717) is 11.5 Å². The van der Waals surface area contributed by atoms with Gasteiger partial charge in [-0.1, -0.05) is 38.1 Å². The lowest BCUT2D eigenvalue weighted by molar-refractivity contribution is -0.384. The zero-order chi connectivity index (χ0) is 23.2. The number of ether oxygens (including phenoxy) is 1. The van der Waals surface area contributed by atoms with Gasteiger partial charge < -0.3 is 10.1 Å². The van der Waals surface area contributed by atoms with E-state index in [-0.39, 0.29) is 10.6 Å². The van der Waals surface area contributed by atoms with E-state index in [2.05, 4.69) is 5.32 Å². The van der Waals surface area contributed by atoms with E-state index in [9.17, 15) is 28.1 Å². The first kappa shape index (κ1) is 24.0. The smallest absolute Gasteiger partial charge is 0.321 e. The number of Topliss-reactive ketones (excluding diaryl/α,β-unsaturated/α-hetero) is 1. The minimum Gasteiger partial charge on any atom is -0.456 e. The molecule has 0 heterocycles. The lowest BCUT2D eigenvalue weighted by Crippen LogP contribution is -2.31. The SMILES string of the molecule is CNc1ccc(S(=O)(=O)NCC(=O)OCC(=O)c2ccc(C(C)C)cc2)cc1[N+](=O)[O-]. The lowest BCUT2D eigenvalue weighted by Gasteiger charge is -2.09. The van der Waals surface area contributed by atoms with Gasteiger partial charge in [-0.25, -0.2) is 8.42 Å². The minimum absolute atomic E-state index is 0.142. The summed E-state index contributed by atoms with van der Waals surface area (Å²) in [6.45, 7) is 2.77. The minimum atomic E-state index is -4.21. The molecular formula is C20H23N3O7S. The molecule has 0 aliphatic carbocycles. The number of nitro benzene ring substituents is 1. The molecule has 10 nitrogen and oxygen atoms in total. The van der Waals surface area contributed by atoms with Crippen molar-refractivity contribution >= 4 is 33.2 Å². The first-order valence-corrected chi connectivity index (χ1v) is 10.8. The third kappa shape index (κ3) is 6.33. The van der Waals surface area contributed by atoms with Gasteiger partial charge in [0.15, 0.2) is 12.4 Å². The van der Waals surface area contributed by atoms with E-state index in [1.807, 2.05) is 30.7 Å². The highest BCUT2D eigenvalue weighted by molar-refractivity contribution is 7.89. The molecule has 0 fully saturated rings. The molecule has 2 rings (SSSR count). The molecule has 0 aromatic heterocycles. The molecule has 2 N–H and O–H groups in total. The Morgan fingerprint density at radius 3 is 2.32 bits per heavy atom. The Hall–Kier alpha value is -3.31. The van der Waals surface area contributed by atoms with Gasteiger partial charge in [-0.2, -0.15) is 4.72 Å². The van der Waals surface area contributed by atoms with E-state index < -0.39 is 45.5 Å². The van der Waals surface area contributed by atoms with E-state index in [4.69, 9.17) is 4.74 Å². The molecule has 2 aromatic carbocycles. The van der Waals surface area contributed by atoms with E-state index in [0.717, 1.165) is 17.7 Å². The number of sulfonamides is 1. The average Bonchev–Trinajstić information content (AvgIpc) is 2.75. The number of hydrogen-bond donors (Lipinski definition) is 2. The van der Waals surface area contributed by atoms with E-state index in [1.54, 1.807) is 12.1 Å². The molecule has 0 saturated heterocycles. The Morgan fingerprint density at radius 1 is 1.13 bits per heavy atom. The maximum absolute atomic E-state index is 12.3. The second-order valence-electron chi connectivity index (χ2n) is 6.87. The van der Waals surface area contributed by atoms with Crippen molar-refractivity contribution in [1.82, 2.24) is 4.72 Å². The monoisotopic (exact) mass is 449 g/mol. The summed E-state index contributed by atoms with van der Waals surface area (Å²) in [6.07, 6.45) is 0. The van der Waals surface area contributed by atoms with E-state index in [1.165, 1.54) is 13.1 Å². The predicted octanol–water partition coefficient (Wildman–Crippen LogP) is 2.46. The third-order valence-electron chi connectivity index (χ3n) is 4.42. The number of carbonyl (C=O) groups is 2. The first-order chi connectivity index (χ1) is 14.5. The van der Waals surface area contributed by atoms with Crippen LogP contribution in [-0.4, -0.2) is 45.3 Å². The molecule has 0 radical (unpaired) electrons. The summed E-state index contributed by atoms with van der Waals surface area (Å²) in [5, 5.41) is 13.7. The molecule has 0 aliphatic heterocycles. The number of nitrogens with zero attached hydrogens (tertiary/aromatic N) is 1. The Bertz CT molecular complexity index is 1080. The predicted molar refractivity (Wildman–Crippen MR) is 114 cm³/mol. The van der Waals surface area contributed by atoms with Gasteiger partial charge in [-0.3, -0.25) is 19.7 Å². The van der Waals surface area contributed by atoms with Gasteiger partial charge >= 0.3 is 5.97 Å². The summed E-state index contributed by atoms with van der Waals surface area (Å²) in [5.41, 5.74) is 1.14. The van der Waals surface area contributed by atoms with Crippen molar-refractivity contribution in [3.05, 3.63) is 63.7 Å². The Kier molecular flexibility index (Phi) is 7.83. The van der Waals surface area contributed by atoms with Crippen molar-refractivity contribution in [2.45, 2.75) is 24.7 Å². The van der Waals surface area contributed by atoms with Crippen LogP contribution in [0.3, 0.4) is 0 Å². The quantitative estimate of drug-likeness (QED) is 0.243. The molecule has 0 atom stereocenters. The highest BCUT2D eigenvalue weighted by Gasteiger charge is 2.22. The summed E-state index contributed by atoms with van der Waals surface area (Å²) >= 11 is 0. The van der Waals surface area contributed by atoms with Gasteiger partial charge in [-0.15, -0.1) is 0 Å². The highest BCUT2D eigenvalue weighted by atomic mass is 32.2. The summed E-state index contributed by atoms with van der Waals surface area (Å²) in [6, 6.07) is 10.2. The van der Waals surface area contributed by atoms with E-state index >= 15 is 0 Å². The van der Waals surface area contributed by atoms with Gasteiger partial charge in [0.25, 0.3) is 5.69 Å². The number of nitro groups is 1. The van der Waals surface area contributed by atoms with Gasteiger partial charge in [0.1, 0.15) is 12.2 Å². The number of nitrogens with one attached hydrogen (secondary N) is 2. The number of anilines is 1. The maximum Gasteiger partial charge on any atom is 0.321 e. The van der Waals surface area contributed by atoms with Gasteiger partial charge in [0.2, 0.25) is 10.0 Å². The number of hydrogen-bond acceptors (Lipinski definition) is 8. The second-order valence-corrected chi connectivity index (χ2v) is 8.64. The maximum atomic E-state index is 12.3. The standard InChI is InChI=1S/C20H23N3O7S/c1-13(2)14-4-6-15(7-5-14)19(24)12-30-20(25)11-22-31(28,29)16-8-9-17(21-3)18(10-16)23(26)27/h4-10,13,21-22H,11-12H2,1-3H3. The van der Waals surface area contributed by atoms with Crippen molar-refractivity contribution in [2.75, 3.05) is 25.5 Å². The zero-order valence-electron chi connectivity index (χ0n) is 17.2. The van der Waals surface area contributed by atoms with Crippen LogP contribution in [-0.2, 0) is 19.6 Å². The van der Waals surface area contributed by atoms with Crippen LogP contribution in [0.5, 0.6) is 0 Å². The third-order valence-corrected chi connectivity index (χ3v) is 5.81. The zero-order valence-corrected chi connectivity index (χ0v) is 18.1. The normalized spacial score (nSPS) is 11.2. The second kappa shape index (κ2) is 10.1. The molecule has 0 bridgehead atoms. The molecule has 0 aliphatic rings. The van der Waals surface area contributed by atoms with Crippen molar-refractivity contribution in [3.63, 3.8) is 0 Å². The van der Waals surface area contributed by atoms with Crippen LogP contribution in [0.2, 0.25) is 0 Å². The number of ketones is 1. The van der Waals surface area contributed by atoms with Crippen molar-refractivity contribution in [3.8, 4) is 0 Å². The number of carbonyl (C=O) groups excluding carboxylic acids is 2. The van der Waals surface area contributed by atoms with Crippen LogP contribution < -0.4 is 10.0 Å². The van der Waals surface area contributed by atoms with Gasteiger partial charge in [0, 0.05) is 18.7 Å². The van der Waals surface area contributed by atoms with Gasteiger partial charge in [-0.05, 0) is 23.6 Å². The van der Waals surface area contributed by atoms with Crippen LogP contribution in [0.1, 0.15) is 35.7 Å². The van der Waals surface area contributed by atoms with Gasteiger partial charge in [0.05, 0.1) is 9.82 Å². The van der Waals surface area contributed by atoms with Crippen molar-refractivity contribution < 1.29 is 27.7 Å². The largest absolute Gasteiger partial charge is 0.456 e. The van der Waals surface area contributed by atoms with Crippen LogP contribution in [0.25, 0.3) is 0 Å². The van der Waals surface area contributed by atoms with Crippen LogP contribution >= 0.6 is 0 Å². The summed E-state index contributed by atoms with van der Waals surface area (Å²) in [7, 11) is -2.74. The topological polar surface area (TPSA) is 145 Å². The fourth-order valence-corrected chi connectivity index (χ4v) is 3.60. The van der Waals surface area contributed by atoms with Crippen molar-refractivity contribution in [2.24, 2.45) is 0 Å². The molecule has 0 unspecified atom stereocenters. The molecule has 0 spiro atoms. The molecule has 31 heavy (non-hydrogen) atoms. The Balaban J connectivity index is 1.95. The fraction of sp³-hybridized carbons (Fsp3) is 0.300. The Morgan fingerprint density at radius 2 is 1.77 bits per heavy atom. The molecule has 11 heteroatoms. The van der Waals surface area contributed by atoms with Crippen LogP contribution in [0.15, 0.2) is 47.4 Å². The average molecular weight is 449 g/mol. The molecule has 2 aromatic rings. The molecule has 0 amide bonds. The summed E-state index contributed by atoms with van der Waals surface area (Å²) in [5.74, 6) is -1.08. The first-order valence-electron chi connectivity index (χ1n) is 9.29. The van der Waals surface area contributed by atoms with Crippen LogP contribution in [0, 0.1) is 10.1 Å². The fourth-order valence-electron chi connectivity index (χ4n) is 2.61. The summed E-state index contributed by atoms with van der Waals surface area (Å²) < 4.78 is 31.5. The molecule has 0 saturated carbocycles. The number of esters is 1. The lowest BCUT2D eigenvalue weighted by atomic mass is 10.0.